The summed E-state index contributed by atoms with van der Waals surface area (Å²) in [6, 6.07) is 7.90. The Morgan fingerprint density at radius 1 is 1.27 bits per heavy atom. The first-order chi connectivity index (χ1) is 10.7. The van der Waals surface area contributed by atoms with Crippen molar-refractivity contribution in [2.24, 2.45) is 0 Å². The molecule has 0 unspecified atom stereocenters. The number of fused-ring (bicyclic) bond motifs is 2. The molecule has 2 amide bonds. The number of ether oxygens (including phenoxy) is 1. The van der Waals surface area contributed by atoms with Gasteiger partial charge in [-0.25, -0.2) is 0 Å². The Morgan fingerprint density at radius 3 is 2.77 bits per heavy atom. The molecule has 0 aromatic heterocycles. The third-order valence-corrected chi connectivity index (χ3v) is 5.26. The zero-order chi connectivity index (χ0) is 15.2. The maximum atomic E-state index is 12.5. The monoisotopic (exact) mass is 300 g/mol. The number of piperidine rings is 1. The molecule has 4 rings (SSSR count). The number of benzene rings is 1. The number of nitrogens with zero attached hydrogens (tertiary/aromatic N) is 1. The van der Waals surface area contributed by atoms with Crippen molar-refractivity contribution in [2.75, 3.05) is 25.0 Å². The molecule has 22 heavy (non-hydrogen) atoms. The number of hydrogen-bond donors (Lipinski definition) is 1. The summed E-state index contributed by atoms with van der Waals surface area (Å²) in [4.78, 5) is 26.8. The molecule has 116 valence electrons. The van der Waals surface area contributed by atoms with Crippen LogP contribution in [0, 0.1) is 0 Å². The van der Waals surface area contributed by atoms with Gasteiger partial charge < -0.3 is 15.0 Å². The molecule has 0 saturated carbocycles. The number of likely N-dealkylation sites (tertiary alicyclic amines) is 1. The first-order valence-electron chi connectivity index (χ1n) is 8.02. The van der Waals surface area contributed by atoms with E-state index >= 15 is 0 Å². The molecule has 3 heterocycles. The summed E-state index contributed by atoms with van der Waals surface area (Å²) in [6.45, 7) is 1.94. The standard InChI is InChI=1S/C17H20N2O3/c20-15(14-6-3-11-22-14)19-9-7-17(8-10-19)12-4-1-2-5-13(12)18-16(17)21/h1-2,4-5,14H,3,6-11H2,(H,18,21)/t14-/m0/s1. The number of carbonyl (C=O) groups is 2. The molecule has 3 aliphatic rings. The second-order valence-corrected chi connectivity index (χ2v) is 6.41. The molecular formula is C17H20N2O3. The minimum Gasteiger partial charge on any atom is -0.368 e. The molecule has 1 aromatic carbocycles. The van der Waals surface area contributed by atoms with Gasteiger partial charge in [-0.1, -0.05) is 18.2 Å². The fourth-order valence-corrected chi connectivity index (χ4v) is 3.95. The average Bonchev–Trinajstić information content (AvgIpc) is 3.16. The molecule has 1 aromatic rings. The zero-order valence-electron chi connectivity index (χ0n) is 12.5. The SMILES string of the molecule is O=C([C@@H]1CCCO1)N1CCC2(CC1)C(=O)Nc1ccccc12. The molecule has 1 atom stereocenters. The number of para-hydroxylation sites is 1. The Bertz CT molecular complexity index is 614. The van der Waals surface area contributed by atoms with E-state index in [4.69, 9.17) is 4.74 Å². The Balaban J connectivity index is 1.52. The lowest BCUT2D eigenvalue weighted by Crippen LogP contribution is -2.50. The summed E-state index contributed by atoms with van der Waals surface area (Å²) in [6.07, 6.45) is 2.90. The van der Waals surface area contributed by atoms with Gasteiger partial charge in [0.05, 0.1) is 5.41 Å². The van der Waals surface area contributed by atoms with Crippen molar-refractivity contribution in [3.05, 3.63) is 29.8 Å². The van der Waals surface area contributed by atoms with Crippen LogP contribution in [0.25, 0.3) is 0 Å². The zero-order valence-corrected chi connectivity index (χ0v) is 12.5. The maximum absolute atomic E-state index is 12.5. The maximum Gasteiger partial charge on any atom is 0.251 e. The Morgan fingerprint density at radius 2 is 2.05 bits per heavy atom. The van der Waals surface area contributed by atoms with Crippen LogP contribution in [0.15, 0.2) is 24.3 Å². The molecule has 3 aliphatic heterocycles. The van der Waals surface area contributed by atoms with Crippen LogP contribution in [-0.2, 0) is 19.7 Å². The van der Waals surface area contributed by atoms with E-state index in [0.29, 0.717) is 32.5 Å². The van der Waals surface area contributed by atoms with Crippen molar-refractivity contribution in [1.82, 2.24) is 4.90 Å². The smallest absolute Gasteiger partial charge is 0.251 e. The van der Waals surface area contributed by atoms with Crippen molar-refractivity contribution in [1.29, 1.82) is 0 Å². The van der Waals surface area contributed by atoms with Gasteiger partial charge in [-0.2, -0.15) is 0 Å². The van der Waals surface area contributed by atoms with E-state index in [1.807, 2.05) is 29.2 Å². The topological polar surface area (TPSA) is 58.6 Å². The van der Waals surface area contributed by atoms with Crippen LogP contribution in [0.1, 0.15) is 31.2 Å². The van der Waals surface area contributed by atoms with E-state index in [0.717, 1.165) is 24.1 Å². The van der Waals surface area contributed by atoms with Gasteiger partial charge >= 0.3 is 0 Å². The molecule has 1 spiro atoms. The molecule has 0 radical (unpaired) electrons. The number of hydrogen-bond acceptors (Lipinski definition) is 3. The lowest BCUT2D eigenvalue weighted by atomic mass is 9.73. The number of rotatable bonds is 1. The fraction of sp³-hybridized carbons (Fsp3) is 0.529. The third-order valence-electron chi connectivity index (χ3n) is 5.26. The minimum atomic E-state index is -0.454. The van der Waals surface area contributed by atoms with Crippen molar-refractivity contribution in [3.63, 3.8) is 0 Å². The number of anilines is 1. The number of amides is 2. The molecule has 0 aliphatic carbocycles. The summed E-state index contributed by atoms with van der Waals surface area (Å²) < 4.78 is 5.49. The lowest BCUT2D eigenvalue weighted by molar-refractivity contribution is -0.143. The van der Waals surface area contributed by atoms with Gasteiger partial charge in [0.2, 0.25) is 5.91 Å². The van der Waals surface area contributed by atoms with Crippen LogP contribution in [0.2, 0.25) is 0 Å². The minimum absolute atomic E-state index is 0.0814. The van der Waals surface area contributed by atoms with E-state index in [2.05, 4.69) is 5.32 Å². The molecule has 2 fully saturated rings. The normalized spacial score (nSPS) is 26.1. The highest BCUT2D eigenvalue weighted by Crippen LogP contribution is 2.44. The molecule has 1 N–H and O–H groups in total. The van der Waals surface area contributed by atoms with Crippen molar-refractivity contribution >= 4 is 17.5 Å². The summed E-state index contributed by atoms with van der Waals surface area (Å²) in [5.41, 5.74) is 1.56. The van der Waals surface area contributed by atoms with Gasteiger partial charge in [0.15, 0.2) is 0 Å². The molecule has 5 nitrogen and oxygen atoms in total. The van der Waals surface area contributed by atoms with Crippen molar-refractivity contribution in [2.45, 2.75) is 37.2 Å². The number of carbonyl (C=O) groups excluding carboxylic acids is 2. The Labute approximate surface area is 129 Å². The second kappa shape index (κ2) is 5.09. The van der Waals surface area contributed by atoms with Crippen molar-refractivity contribution < 1.29 is 14.3 Å². The van der Waals surface area contributed by atoms with E-state index in [-0.39, 0.29) is 17.9 Å². The first-order valence-corrected chi connectivity index (χ1v) is 8.02. The van der Waals surface area contributed by atoms with Crippen LogP contribution >= 0.6 is 0 Å². The van der Waals surface area contributed by atoms with Gasteiger partial charge in [0.25, 0.3) is 5.91 Å². The number of nitrogens with one attached hydrogen (secondary N) is 1. The van der Waals surface area contributed by atoms with Gasteiger partial charge in [0.1, 0.15) is 6.10 Å². The summed E-state index contributed by atoms with van der Waals surface area (Å²) >= 11 is 0. The fourth-order valence-electron chi connectivity index (χ4n) is 3.95. The second-order valence-electron chi connectivity index (χ2n) is 6.41. The molecule has 2 saturated heterocycles. The highest BCUT2D eigenvalue weighted by atomic mass is 16.5. The van der Waals surface area contributed by atoms with E-state index < -0.39 is 5.41 Å². The summed E-state index contributed by atoms with van der Waals surface area (Å²) in [7, 11) is 0. The predicted octanol–water partition coefficient (Wildman–Crippen LogP) is 1.68. The van der Waals surface area contributed by atoms with E-state index in [1.165, 1.54) is 0 Å². The van der Waals surface area contributed by atoms with Gasteiger partial charge in [-0.15, -0.1) is 0 Å². The molecule has 0 bridgehead atoms. The van der Waals surface area contributed by atoms with Gasteiger partial charge in [0, 0.05) is 25.4 Å². The Kier molecular flexibility index (Phi) is 3.18. The van der Waals surface area contributed by atoms with Crippen LogP contribution in [0.5, 0.6) is 0 Å². The highest BCUT2D eigenvalue weighted by Gasteiger charge is 2.49. The summed E-state index contributed by atoms with van der Waals surface area (Å²) in [5, 5.41) is 2.99. The summed E-state index contributed by atoms with van der Waals surface area (Å²) in [5.74, 6) is 0.178. The predicted molar refractivity (Wildman–Crippen MR) is 81.5 cm³/mol. The largest absolute Gasteiger partial charge is 0.368 e. The van der Waals surface area contributed by atoms with E-state index in [9.17, 15) is 9.59 Å². The van der Waals surface area contributed by atoms with E-state index in [1.54, 1.807) is 0 Å². The van der Waals surface area contributed by atoms with Crippen LogP contribution in [0.4, 0.5) is 5.69 Å². The van der Waals surface area contributed by atoms with Gasteiger partial charge in [-0.3, -0.25) is 9.59 Å². The molecule has 5 heteroatoms. The van der Waals surface area contributed by atoms with Crippen LogP contribution in [-0.4, -0.2) is 42.5 Å². The van der Waals surface area contributed by atoms with Crippen LogP contribution in [0.3, 0.4) is 0 Å². The first kappa shape index (κ1) is 13.8. The van der Waals surface area contributed by atoms with Gasteiger partial charge in [-0.05, 0) is 37.3 Å². The highest BCUT2D eigenvalue weighted by molar-refractivity contribution is 6.06. The lowest BCUT2D eigenvalue weighted by Gasteiger charge is -2.38. The average molecular weight is 300 g/mol. The van der Waals surface area contributed by atoms with Crippen molar-refractivity contribution in [3.8, 4) is 0 Å². The molecular weight excluding hydrogens is 280 g/mol. The Hall–Kier alpha value is -1.88. The van der Waals surface area contributed by atoms with Crippen LogP contribution < -0.4 is 5.32 Å². The third kappa shape index (κ3) is 1.96. The quantitative estimate of drug-likeness (QED) is 0.858.